The first kappa shape index (κ1) is 12.3. The second-order valence-corrected chi connectivity index (χ2v) is 4.12. The van der Waals surface area contributed by atoms with Crippen molar-refractivity contribution >= 4 is 0 Å². The fourth-order valence-corrected chi connectivity index (χ4v) is 1.87. The molecule has 0 bridgehead atoms. The second kappa shape index (κ2) is 4.25. The number of benzene rings is 1. The normalized spacial score (nSPS) is 18.0. The Bertz CT molecular complexity index is 427. The third kappa shape index (κ3) is 1.80. The van der Waals surface area contributed by atoms with Gasteiger partial charge in [-0.3, -0.25) is 0 Å². The second-order valence-electron chi connectivity index (χ2n) is 4.12. The largest absolute Gasteiger partial charge is 0.388 e. The number of aliphatic hydroxyl groups is 1. The highest BCUT2D eigenvalue weighted by Gasteiger charge is 2.35. The van der Waals surface area contributed by atoms with E-state index < -0.39 is 46.7 Å². The first-order valence-corrected chi connectivity index (χ1v) is 5.14. The highest BCUT2D eigenvalue weighted by atomic mass is 19.2. The van der Waals surface area contributed by atoms with E-state index in [1.165, 1.54) is 0 Å². The van der Waals surface area contributed by atoms with Crippen molar-refractivity contribution < 1.29 is 27.1 Å². The van der Waals surface area contributed by atoms with E-state index in [0.717, 1.165) is 6.42 Å². The number of hydrogen-bond acceptors (Lipinski definition) is 1. The fourth-order valence-electron chi connectivity index (χ4n) is 1.87. The van der Waals surface area contributed by atoms with E-state index in [1.807, 2.05) is 0 Å². The van der Waals surface area contributed by atoms with Gasteiger partial charge in [-0.05, 0) is 18.8 Å². The molecule has 94 valence electrons. The molecule has 17 heavy (non-hydrogen) atoms. The van der Waals surface area contributed by atoms with E-state index in [1.54, 1.807) is 0 Å². The molecule has 6 heteroatoms. The van der Waals surface area contributed by atoms with E-state index in [-0.39, 0.29) is 0 Å². The molecule has 0 radical (unpaired) electrons. The maximum absolute atomic E-state index is 13.3. The van der Waals surface area contributed by atoms with Crippen molar-refractivity contribution in [1.29, 1.82) is 0 Å². The van der Waals surface area contributed by atoms with Gasteiger partial charge in [0.2, 0.25) is 5.82 Å². The molecule has 1 nitrogen and oxygen atoms in total. The van der Waals surface area contributed by atoms with Crippen LogP contribution in [0.2, 0.25) is 0 Å². The van der Waals surface area contributed by atoms with Crippen LogP contribution in [0, 0.1) is 35.0 Å². The zero-order valence-corrected chi connectivity index (χ0v) is 8.61. The lowest BCUT2D eigenvalue weighted by Crippen LogP contribution is -2.23. The Balaban J connectivity index is 2.52. The monoisotopic (exact) mass is 252 g/mol. The van der Waals surface area contributed by atoms with Crippen molar-refractivity contribution in [2.45, 2.75) is 25.4 Å². The van der Waals surface area contributed by atoms with Crippen LogP contribution in [0.3, 0.4) is 0 Å². The van der Waals surface area contributed by atoms with E-state index in [0.29, 0.717) is 12.8 Å². The zero-order valence-electron chi connectivity index (χ0n) is 8.61. The van der Waals surface area contributed by atoms with Crippen LogP contribution in [-0.2, 0) is 0 Å². The topological polar surface area (TPSA) is 20.2 Å². The van der Waals surface area contributed by atoms with Gasteiger partial charge in [0.1, 0.15) is 0 Å². The summed E-state index contributed by atoms with van der Waals surface area (Å²) >= 11 is 0. The van der Waals surface area contributed by atoms with E-state index in [9.17, 15) is 27.1 Å². The van der Waals surface area contributed by atoms with Crippen molar-refractivity contribution in [2.24, 2.45) is 5.92 Å². The minimum Gasteiger partial charge on any atom is -0.388 e. The third-order valence-corrected chi connectivity index (χ3v) is 3.14. The van der Waals surface area contributed by atoms with Crippen LogP contribution in [-0.4, -0.2) is 5.11 Å². The molecule has 0 saturated heterocycles. The van der Waals surface area contributed by atoms with E-state index in [2.05, 4.69) is 0 Å². The van der Waals surface area contributed by atoms with Gasteiger partial charge in [-0.25, -0.2) is 22.0 Å². The quantitative estimate of drug-likeness (QED) is 0.487. The van der Waals surface area contributed by atoms with Crippen molar-refractivity contribution in [3.63, 3.8) is 0 Å². The average Bonchev–Trinajstić information content (AvgIpc) is 2.21. The Kier molecular flexibility index (Phi) is 3.07. The van der Waals surface area contributed by atoms with Gasteiger partial charge < -0.3 is 5.11 Å². The highest BCUT2D eigenvalue weighted by molar-refractivity contribution is 5.26. The van der Waals surface area contributed by atoms with E-state index in [4.69, 9.17) is 0 Å². The summed E-state index contributed by atoms with van der Waals surface area (Å²) < 4.78 is 65.1. The van der Waals surface area contributed by atoms with Gasteiger partial charge in [-0.2, -0.15) is 0 Å². The van der Waals surface area contributed by atoms with Gasteiger partial charge in [0.05, 0.1) is 11.7 Å². The summed E-state index contributed by atoms with van der Waals surface area (Å²) in [6.07, 6.45) is 0.159. The molecule has 0 aliphatic heterocycles. The summed E-state index contributed by atoms with van der Waals surface area (Å²) in [6.45, 7) is 0. The molecule has 1 fully saturated rings. The summed E-state index contributed by atoms with van der Waals surface area (Å²) in [5.41, 5.74) is -1.12. The Labute approximate surface area is 93.9 Å². The molecule has 1 aliphatic rings. The van der Waals surface area contributed by atoms with Gasteiger partial charge in [0.15, 0.2) is 23.3 Å². The lowest BCUT2D eigenvalue weighted by atomic mass is 9.78. The molecule has 1 saturated carbocycles. The van der Waals surface area contributed by atoms with Crippen LogP contribution >= 0.6 is 0 Å². The molecular weight excluding hydrogens is 243 g/mol. The van der Waals surface area contributed by atoms with Crippen LogP contribution in [0.4, 0.5) is 22.0 Å². The van der Waals surface area contributed by atoms with Crippen molar-refractivity contribution in [2.75, 3.05) is 0 Å². The third-order valence-electron chi connectivity index (χ3n) is 3.14. The maximum Gasteiger partial charge on any atom is 0.200 e. The smallest absolute Gasteiger partial charge is 0.200 e. The molecular formula is C11H9F5O. The van der Waals surface area contributed by atoms with Gasteiger partial charge in [0, 0.05) is 0 Å². The Morgan fingerprint density at radius 2 is 1.24 bits per heavy atom. The SMILES string of the molecule is OC(c1c(F)c(F)c(F)c(F)c1F)C1CCC1. The molecule has 1 atom stereocenters. The minimum atomic E-state index is -2.20. The molecule has 0 amide bonds. The molecule has 1 unspecified atom stereocenters. The molecule has 0 heterocycles. The first-order valence-electron chi connectivity index (χ1n) is 5.14. The van der Waals surface area contributed by atoms with Crippen molar-refractivity contribution in [3.05, 3.63) is 34.6 Å². The van der Waals surface area contributed by atoms with Gasteiger partial charge >= 0.3 is 0 Å². The summed E-state index contributed by atoms with van der Waals surface area (Å²) in [6, 6.07) is 0. The molecule has 0 aromatic heterocycles. The summed E-state index contributed by atoms with van der Waals surface area (Å²) in [5, 5.41) is 9.61. The van der Waals surface area contributed by atoms with Crippen molar-refractivity contribution in [3.8, 4) is 0 Å². The summed E-state index contributed by atoms with van der Waals surface area (Å²) in [5.74, 6) is -10.6. The Hall–Kier alpha value is -1.17. The fraction of sp³-hybridized carbons (Fsp3) is 0.455. The first-order chi connectivity index (χ1) is 7.95. The van der Waals surface area contributed by atoms with Gasteiger partial charge in [-0.15, -0.1) is 0 Å². The van der Waals surface area contributed by atoms with Crippen molar-refractivity contribution in [1.82, 2.24) is 0 Å². The molecule has 1 aromatic rings. The standard InChI is InChI=1S/C11H9F5O/c12-6-5(11(17)4-2-1-3-4)7(13)9(15)10(16)8(6)14/h4,11,17H,1-3H2. The molecule has 1 N–H and O–H groups in total. The van der Waals surface area contributed by atoms with Crippen LogP contribution < -0.4 is 0 Å². The zero-order chi connectivity index (χ0) is 12.7. The molecule has 1 aromatic carbocycles. The predicted molar refractivity (Wildman–Crippen MR) is 48.5 cm³/mol. The average molecular weight is 252 g/mol. The van der Waals surface area contributed by atoms with Crippen LogP contribution in [0.25, 0.3) is 0 Å². The van der Waals surface area contributed by atoms with Gasteiger partial charge in [0.25, 0.3) is 0 Å². The number of hydrogen-bond donors (Lipinski definition) is 1. The van der Waals surface area contributed by atoms with Crippen LogP contribution in [0.15, 0.2) is 0 Å². The minimum absolute atomic E-state index is 0.441. The number of rotatable bonds is 2. The predicted octanol–water partition coefficient (Wildman–Crippen LogP) is 3.22. The Morgan fingerprint density at radius 1 is 0.824 bits per heavy atom. The summed E-state index contributed by atoms with van der Waals surface area (Å²) in [4.78, 5) is 0. The van der Waals surface area contributed by atoms with E-state index >= 15 is 0 Å². The lowest BCUT2D eigenvalue weighted by Gasteiger charge is -2.30. The maximum atomic E-state index is 13.3. The lowest BCUT2D eigenvalue weighted by molar-refractivity contribution is 0.0543. The summed E-state index contributed by atoms with van der Waals surface area (Å²) in [7, 11) is 0. The number of halogens is 5. The molecule has 1 aliphatic carbocycles. The molecule has 0 spiro atoms. The van der Waals surface area contributed by atoms with Crippen LogP contribution in [0.5, 0.6) is 0 Å². The highest BCUT2D eigenvalue weighted by Crippen LogP contribution is 2.40. The Morgan fingerprint density at radius 3 is 1.59 bits per heavy atom. The number of aliphatic hydroxyl groups excluding tert-OH is 1. The van der Waals surface area contributed by atoms with Gasteiger partial charge in [-0.1, -0.05) is 6.42 Å². The molecule has 2 rings (SSSR count). The van der Waals surface area contributed by atoms with Crippen LogP contribution in [0.1, 0.15) is 30.9 Å².